The Morgan fingerprint density at radius 3 is 1.80 bits per heavy atom. The topological polar surface area (TPSA) is 402 Å². The van der Waals surface area contributed by atoms with Crippen molar-refractivity contribution >= 4 is 34.1 Å². The molecule has 3 aliphatic heterocycles. The van der Waals surface area contributed by atoms with E-state index in [1.165, 1.54) is 56.7 Å². The second kappa shape index (κ2) is 20.4. The molecule has 11 rings (SSSR count). The van der Waals surface area contributed by atoms with Gasteiger partial charge in [-0.1, -0.05) is 12.1 Å². The molecule has 1 saturated heterocycles. The van der Waals surface area contributed by atoms with Crippen molar-refractivity contribution in [2.24, 2.45) is 0 Å². The lowest BCUT2D eigenvalue weighted by Gasteiger charge is -2.40. The van der Waals surface area contributed by atoms with Crippen LogP contribution in [-0.2, 0) is 11.2 Å². The third-order valence-corrected chi connectivity index (χ3v) is 14.6. The van der Waals surface area contributed by atoms with Crippen molar-refractivity contribution in [1.82, 2.24) is 0 Å². The summed E-state index contributed by atoms with van der Waals surface area (Å²) in [6.07, 6.45) is -13.0. The smallest absolute Gasteiger partial charge is 0.229 e. The minimum Gasteiger partial charge on any atom is -0.507 e. The van der Waals surface area contributed by atoms with E-state index >= 15 is 0 Å². The molecule has 0 spiro atoms. The molecule has 24 heteroatoms. The van der Waals surface area contributed by atoms with Gasteiger partial charge in [0.25, 0.3) is 0 Å². The van der Waals surface area contributed by atoms with Gasteiger partial charge in [-0.05, 0) is 65.7 Å². The van der Waals surface area contributed by atoms with E-state index < -0.39 is 125 Å². The van der Waals surface area contributed by atoms with E-state index in [9.17, 15) is 81.4 Å². The molecule has 0 aliphatic carbocycles. The monoisotopic (exact) mass is 1120 g/mol. The number of benzene rings is 6. The van der Waals surface area contributed by atoms with Crippen molar-refractivity contribution in [3.63, 3.8) is 0 Å². The highest BCUT2D eigenvalue weighted by atomic mass is 16.7. The molecule has 2 aromatic heterocycles. The number of hydrogen-bond donors (Lipinski definition) is 15. The van der Waals surface area contributed by atoms with Gasteiger partial charge in [-0.2, -0.15) is 0 Å². The van der Waals surface area contributed by atoms with E-state index in [1.807, 2.05) is 0 Å². The highest BCUT2D eigenvalue weighted by Crippen LogP contribution is 2.59. The summed E-state index contributed by atoms with van der Waals surface area (Å²) in [5.74, 6) is -8.40. The lowest BCUT2D eigenvalue weighted by atomic mass is 9.76. The van der Waals surface area contributed by atoms with Gasteiger partial charge in [0.15, 0.2) is 57.5 Å². The molecule has 0 radical (unpaired) electrons. The molecule has 3 aliphatic rings. The summed E-state index contributed by atoms with van der Waals surface area (Å²) in [5, 5.41) is 166. The number of rotatable bonds is 11. The van der Waals surface area contributed by atoms with Gasteiger partial charge in [0.1, 0.15) is 88.0 Å². The number of aromatic hydroxyl groups is 9. The van der Waals surface area contributed by atoms with Gasteiger partial charge in [-0.15, -0.1) is 0 Å². The maximum Gasteiger partial charge on any atom is 0.229 e. The number of aliphatic hydroxyl groups is 6. The van der Waals surface area contributed by atoms with E-state index in [0.717, 1.165) is 48.5 Å². The molecule has 10 atom stereocenters. The van der Waals surface area contributed by atoms with Gasteiger partial charge < -0.3 is 114 Å². The molecule has 81 heavy (non-hydrogen) atoms. The Hall–Kier alpha value is -9.27. The predicted molar refractivity (Wildman–Crippen MR) is 279 cm³/mol. The summed E-state index contributed by atoms with van der Waals surface area (Å²) < 4.78 is 48.4. The summed E-state index contributed by atoms with van der Waals surface area (Å²) >= 11 is 0. The van der Waals surface area contributed by atoms with Crippen molar-refractivity contribution in [3.8, 4) is 91.8 Å². The molecule has 1 fully saturated rings. The predicted octanol–water partition coefficient (Wildman–Crippen LogP) is 4.59. The molecule has 0 saturated carbocycles. The lowest BCUT2D eigenvalue weighted by Crippen LogP contribution is -2.60. The van der Waals surface area contributed by atoms with Crippen LogP contribution in [0.3, 0.4) is 0 Å². The number of methoxy groups -OCH3 is 2. The van der Waals surface area contributed by atoms with Crippen LogP contribution in [0.25, 0.3) is 45.4 Å². The standard InChI is InChI=1S/C57H50O24/c1-74-39-11-22(12-40(75-2)46(39)69)53-56(81-57-50(73)49(72)47(70)41(19-58)78-57)27-15-24(76-37-13-23(59)14-38(77-53)42(27)37)5-6-25-30(62)17-34(66)43-45(48(71)52(80-54(25)43)21-4-8-29(61)33(65)10-21)44-35(67)18-31(63)26-16-36(68)51(79-55(26)44)20-3-7-28(60)32(64)9-20/h3-15,17-18,36,41,45,47-52,57-58,60-73H,16,19H2,1-2H3/t36?,41-,45?,47-,48?,49+,50-,51?,52?,57+/m1/s1. The maximum atomic E-state index is 13.4. The average molecular weight is 1120 g/mol. The van der Waals surface area contributed by atoms with Crippen LogP contribution in [0.4, 0.5) is 0 Å². The van der Waals surface area contributed by atoms with Gasteiger partial charge in [0, 0.05) is 58.3 Å². The molecule has 0 amide bonds. The number of phenolic OH excluding ortho intramolecular Hbond substituents is 9. The zero-order valence-electron chi connectivity index (χ0n) is 42.2. The Kier molecular flexibility index (Phi) is 13.6. The molecule has 8 aromatic rings. The Labute approximate surface area is 455 Å². The summed E-state index contributed by atoms with van der Waals surface area (Å²) in [6, 6.07) is 15.2. The first kappa shape index (κ1) is 53.7. The zero-order chi connectivity index (χ0) is 57.6. The molecule has 422 valence electrons. The van der Waals surface area contributed by atoms with Crippen molar-refractivity contribution in [1.29, 1.82) is 0 Å². The molecule has 24 nitrogen and oxygen atoms in total. The quantitative estimate of drug-likeness (QED) is 0.0788. The molecular formula is C57H50O24. The first-order valence-corrected chi connectivity index (χ1v) is 24.7. The summed E-state index contributed by atoms with van der Waals surface area (Å²) in [7, 11) is 2.53. The number of phenols is 9. The molecule has 5 unspecified atom stereocenters. The van der Waals surface area contributed by atoms with Crippen molar-refractivity contribution < 1.29 is 114 Å². The van der Waals surface area contributed by atoms with Crippen LogP contribution < -0.4 is 29.1 Å². The molecule has 0 bridgehead atoms. The SMILES string of the molecule is COc1cc(-c2oc3cc(=O)cc4oc(C=Cc5c(O)cc(O)c6c5OC(c5ccc(O)c(O)c5)C(O)C6c5c(O)cc(O)c6c5OC(c5ccc(O)c(O)c5)C(O)C6)cc(c2O[C@@H]2O[C@H](CO)[C@@H](O)[C@H](O)[C@H]2O)c43)cc(OC)c1O. The fraction of sp³-hybridized carbons (Fsp3) is 0.246. The third kappa shape index (κ3) is 9.09. The molecule has 5 heterocycles. The first-order chi connectivity index (χ1) is 38.7. The minimum atomic E-state index is -1.96. The van der Waals surface area contributed by atoms with E-state index in [4.69, 9.17) is 37.3 Å². The normalized spacial score (nSPS) is 23.4. The van der Waals surface area contributed by atoms with Crippen LogP contribution in [0, 0.1) is 0 Å². The second-order valence-electron chi connectivity index (χ2n) is 19.5. The van der Waals surface area contributed by atoms with Gasteiger partial charge in [0.2, 0.25) is 12.0 Å². The Morgan fingerprint density at radius 1 is 0.593 bits per heavy atom. The van der Waals surface area contributed by atoms with Crippen LogP contribution in [0.5, 0.6) is 80.5 Å². The Bertz CT molecular complexity index is 3870. The van der Waals surface area contributed by atoms with Gasteiger partial charge in [-0.25, -0.2) is 0 Å². The van der Waals surface area contributed by atoms with E-state index in [1.54, 1.807) is 0 Å². The van der Waals surface area contributed by atoms with Crippen LogP contribution in [0.1, 0.15) is 57.3 Å². The van der Waals surface area contributed by atoms with Gasteiger partial charge >= 0.3 is 0 Å². The number of hydrogen-bond acceptors (Lipinski definition) is 24. The first-order valence-electron chi connectivity index (χ1n) is 24.7. The maximum absolute atomic E-state index is 13.4. The molecule has 6 aromatic carbocycles. The van der Waals surface area contributed by atoms with Crippen molar-refractivity contribution in [2.45, 2.75) is 67.5 Å². The molecular weight excluding hydrogens is 1070 g/mol. The van der Waals surface area contributed by atoms with Crippen molar-refractivity contribution in [3.05, 3.63) is 128 Å². The summed E-state index contributed by atoms with van der Waals surface area (Å²) in [4.78, 5) is 13.4. The summed E-state index contributed by atoms with van der Waals surface area (Å²) in [6.45, 7) is -0.822. The van der Waals surface area contributed by atoms with Crippen molar-refractivity contribution in [2.75, 3.05) is 20.8 Å². The van der Waals surface area contributed by atoms with E-state index in [0.29, 0.717) is 0 Å². The fourth-order valence-electron chi connectivity index (χ4n) is 10.6. The number of aliphatic hydroxyl groups excluding tert-OH is 6. The molecule has 15 N–H and O–H groups in total. The third-order valence-electron chi connectivity index (χ3n) is 14.6. The highest BCUT2D eigenvalue weighted by molar-refractivity contribution is 6.10. The van der Waals surface area contributed by atoms with E-state index in [2.05, 4.69) is 0 Å². The second-order valence-corrected chi connectivity index (χ2v) is 19.5. The van der Waals surface area contributed by atoms with Crippen LogP contribution in [0.2, 0.25) is 0 Å². The van der Waals surface area contributed by atoms with Gasteiger partial charge in [0.05, 0.1) is 43.8 Å². The van der Waals surface area contributed by atoms with Crippen LogP contribution in [-0.4, -0.2) is 140 Å². The Balaban J connectivity index is 1.12. The zero-order valence-corrected chi connectivity index (χ0v) is 42.2. The largest absolute Gasteiger partial charge is 0.507 e. The van der Waals surface area contributed by atoms with E-state index in [-0.39, 0.29) is 108 Å². The van der Waals surface area contributed by atoms with Crippen LogP contribution >= 0.6 is 0 Å². The average Bonchev–Trinajstić information content (AvgIpc) is 2.86. The summed E-state index contributed by atoms with van der Waals surface area (Å²) in [5.41, 5.74) is -1.47. The minimum absolute atomic E-state index is 0.0144. The number of fused-ring (bicyclic) bond motifs is 2. The number of ether oxygens (including phenoxy) is 6. The van der Waals surface area contributed by atoms with Gasteiger partial charge in [-0.3, -0.25) is 4.79 Å². The van der Waals surface area contributed by atoms with Crippen LogP contribution in [0.15, 0.2) is 92.5 Å². The highest BCUT2D eigenvalue weighted by Gasteiger charge is 2.48. The lowest BCUT2D eigenvalue weighted by molar-refractivity contribution is -0.277. The fourth-order valence-corrected chi connectivity index (χ4v) is 10.6. The Morgan fingerprint density at radius 2 is 1.19 bits per heavy atom.